The van der Waals surface area contributed by atoms with Gasteiger partial charge in [0.25, 0.3) is 0 Å². The number of carboxylic acid groups (broad SMARTS) is 1. The summed E-state index contributed by atoms with van der Waals surface area (Å²) in [5.74, 6) is -1.95. The van der Waals surface area contributed by atoms with Gasteiger partial charge in [-0.1, -0.05) is 6.08 Å². The first-order valence-corrected chi connectivity index (χ1v) is 6.67. The van der Waals surface area contributed by atoms with Crippen LogP contribution in [0.15, 0.2) is 12.7 Å². The summed E-state index contributed by atoms with van der Waals surface area (Å²) in [5, 5.41) is 14.0. The normalized spacial score (nSPS) is 12.3. The van der Waals surface area contributed by atoms with Crippen LogP contribution in [0.2, 0.25) is 0 Å². The average molecular weight is 300 g/mol. The Bertz CT molecular complexity index is 387. The Balaban J connectivity index is 4.16. The summed E-state index contributed by atoms with van der Waals surface area (Å²) in [7, 11) is 0. The van der Waals surface area contributed by atoms with Crippen LogP contribution in [0.5, 0.6) is 0 Å². The van der Waals surface area contributed by atoms with Gasteiger partial charge in [-0.25, -0.2) is 4.79 Å². The van der Waals surface area contributed by atoms with Crippen molar-refractivity contribution < 1.29 is 24.2 Å². The van der Waals surface area contributed by atoms with E-state index in [0.29, 0.717) is 6.42 Å². The Morgan fingerprint density at radius 2 is 1.90 bits per heavy atom. The molecule has 0 aliphatic carbocycles. The van der Waals surface area contributed by atoms with Crippen LogP contribution in [0.25, 0.3) is 0 Å². The summed E-state index contributed by atoms with van der Waals surface area (Å²) in [4.78, 5) is 33.9. The molecule has 0 bridgehead atoms. The molecule has 0 aromatic heterocycles. The second-order valence-corrected chi connectivity index (χ2v) is 5.60. The van der Waals surface area contributed by atoms with E-state index in [4.69, 9.17) is 9.84 Å². The third kappa shape index (κ3) is 10.5. The van der Waals surface area contributed by atoms with Crippen LogP contribution >= 0.6 is 0 Å². The number of carboxylic acids is 1. The lowest BCUT2D eigenvalue weighted by Gasteiger charge is -2.21. The van der Waals surface area contributed by atoms with Crippen molar-refractivity contribution in [3.63, 3.8) is 0 Å². The zero-order valence-corrected chi connectivity index (χ0v) is 12.8. The van der Waals surface area contributed by atoms with Crippen molar-refractivity contribution in [1.29, 1.82) is 0 Å². The van der Waals surface area contributed by atoms with Crippen molar-refractivity contribution in [3.8, 4) is 0 Å². The van der Waals surface area contributed by atoms with Crippen molar-refractivity contribution in [3.05, 3.63) is 12.7 Å². The number of aliphatic carboxylic acids is 1. The minimum Gasteiger partial charge on any atom is -0.480 e. The van der Waals surface area contributed by atoms with E-state index < -0.39 is 17.9 Å². The topological polar surface area (TPSA) is 105 Å². The molecule has 1 unspecified atom stereocenters. The van der Waals surface area contributed by atoms with Crippen LogP contribution in [0.3, 0.4) is 0 Å². The minimum atomic E-state index is -1.21. The Hall–Kier alpha value is -1.89. The summed E-state index contributed by atoms with van der Waals surface area (Å²) < 4.78 is 5.04. The van der Waals surface area contributed by atoms with Gasteiger partial charge < -0.3 is 20.5 Å². The molecule has 0 saturated heterocycles. The van der Waals surface area contributed by atoms with Crippen LogP contribution < -0.4 is 10.6 Å². The molecule has 0 radical (unpaired) electrons. The number of amides is 2. The zero-order chi connectivity index (χ0) is 16.5. The molecule has 3 N–H and O–H groups in total. The molecule has 0 aliphatic rings. The Kier molecular flexibility index (Phi) is 8.30. The van der Waals surface area contributed by atoms with E-state index in [1.165, 1.54) is 0 Å². The van der Waals surface area contributed by atoms with E-state index in [1.807, 2.05) is 20.8 Å². The van der Waals surface area contributed by atoms with Gasteiger partial charge in [-0.2, -0.15) is 0 Å². The van der Waals surface area contributed by atoms with Crippen LogP contribution in [0.4, 0.5) is 0 Å². The Morgan fingerprint density at radius 3 is 2.38 bits per heavy atom. The van der Waals surface area contributed by atoms with Crippen molar-refractivity contribution >= 4 is 17.8 Å². The average Bonchev–Trinajstić information content (AvgIpc) is 2.32. The van der Waals surface area contributed by atoms with Gasteiger partial charge in [0, 0.05) is 12.0 Å². The van der Waals surface area contributed by atoms with Gasteiger partial charge in [-0.3, -0.25) is 9.59 Å². The number of hydrogen-bond donors (Lipinski definition) is 3. The predicted octanol–water partition coefficient (Wildman–Crippen LogP) is 0.453. The van der Waals surface area contributed by atoms with E-state index in [9.17, 15) is 14.4 Å². The molecule has 7 heteroatoms. The molecule has 120 valence electrons. The van der Waals surface area contributed by atoms with Gasteiger partial charge in [-0.05, 0) is 27.2 Å². The van der Waals surface area contributed by atoms with E-state index >= 15 is 0 Å². The fraction of sp³-hybridized carbons (Fsp3) is 0.643. The Morgan fingerprint density at radius 1 is 1.29 bits per heavy atom. The molecular weight excluding hydrogens is 276 g/mol. The second kappa shape index (κ2) is 9.12. The van der Waals surface area contributed by atoms with Gasteiger partial charge in [0.15, 0.2) is 6.04 Å². The number of carbonyl (C=O) groups excluding carboxylic acids is 2. The second-order valence-electron chi connectivity index (χ2n) is 5.60. The highest BCUT2D eigenvalue weighted by atomic mass is 16.5. The number of rotatable bonds is 9. The summed E-state index contributed by atoms with van der Waals surface area (Å²) >= 11 is 0. The fourth-order valence-electron chi connectivity index (χ4n) is 1.40. The first-order valence-electron chi connectivity index (χ1n) is 6.67. The largest absolute Gasteiger partial charge is 0.480 e. The number of carbonyl (C=O) groups is 3. The molecule has 0 aromatic rings. The van der Waals surface area contributed by atoms with E-state index in [2.05, 4.69) is 17.2 Å². The minimum absolute atomic E-state index is 0.164. The molecule has 0 aliphatic heterocycles. The van der Waals surface area contributed by atoms with Crippen molar-refractivity contribution in [1.82, 2.24) is 10.6 Å². The highest BCUT2D eigenvalue weighted by molar-refractivity contribution is 5.83. The smallest absolute Gasteiger partial charge is 0.328 e. The molecule has 1 atom stereocenters. The molecule has 21 heavy (non-hydrogen) atoms. The summed E-state index contributed by atoms with van der Waals surface area (Å²) in [6.07, 6.45) is 2.20. The quantitative estimate of drug-likeness (QED) is 0.536. The van der Waals surface area contributed by atoms with Gasteiger partial charge in [0.1, 0.15) is 6.61 Å². The van der Waals surface area contributed by atoms with Crippen LogP contribution in [0, 0.1) is 0 Å². The van der Waals surface area contributed by atoms with Crippen LogP contribution in [-0.2, 0) is 19.1 Å². The highest BCUT2D eigenvalue weighted by Gasteiger charge is 2.21. The summed E-state index contributed by atoms with van der Waals surface area (Å²) in [5.41, 5.74) is -0.383. The molecular formula is C14H24N2O5. The highest BCUT2D eigenvalue weighted by Crippen LogP contribution is 1.98. The number of ether oxygens (including phenoxy) is 1. The summed E-state index contributed by atoms with van der Waals surface area (Å²) in [6.45, 7) is 8.42. The third-order valence-electron chi connectivity index (χ3n) is 2.24. The maximum absolute atomic E-state index is 11.5. The molecule has 0 spiro atoms. The van der Waals surface area contributed by atoms with Gasteiger partial charge in [0.2, 0.25) is 11.8 Å². The van der Waals surface area contributed by atoms with E-state index in [0.717, 1.165) is 0 Å². The first-order chi connectivity index (χ1) is 9.65. The maximum Gasteiger partial charge on any atom is 0.328 e. The maximum atomic E-state index is 11.5. The summed E-state index contributed by atoms with van der Waals surface area (Å²) in [6, 6.07) is -1.18. The lowest BCUT2D eigenvalue weighted by Crippen LogP contribution is -2.46. The van der Waals surface area contributed by atoms with Gasteiger partial charge in [-0.15, -0.1) is 6.58 Å². The van der Waals surface area contributed by atoms with Gasteiger partial charge >= 0.3 is 5.97 Å². The first kappa shape index (κ1) is 19.1. The number of hydrogen-bond acceptors (Lipinski definition) is 4. The van der Waals surface area contributed by atoms with Crippen molar-refractivity contribution in [2.45, 2.75) is 45.2 Å². The molecule has 0 rings (SSSR count). The molecule has 0 saturated carbocycles. The molecule has 0 heterocycles. The third-order valence-corrected chi connectivity index (χ3v) is 2.24. The molecule has 0 aromatic carbocycles. The lowest BCUT2D eigenvalue weighted by atomic mass is 10.1. The molecule has 7 nitrogen and oxygen atoms in total. The monoisotopic (exact) mass is 300 g/mol. The SMILES string of the molecule is C=CCCC(=O)NC(COCC(=O)NC(C)(C)C)C(=O)O. The van der Waals surface area contributed by atoms with E-state index in [-0.39, 0.29) is 31.1 Å². The van der Waals surface area contributed by atoms with Crippen molar-refractivity contribution in [2.75, 3.05) is 13.2 Å². The molecule has 2 amide bonds. The van der Waals surface area contributed by atoms with E-state index in [1.54, 1.807) is 6.08 Å². The lowest BCUT2D eigenvalue weighted by molar-refractivity contribution is -0.144. The van der Waals surface area contributed by atoms with Crippen LogP contribution in [0.1, 0.15) is 33.6 Å². The van der Waals surface area contributed by atoms with Crippen molar-refractivity contribution in [2.24, 2.45) is 0 Å². The standard InChI is InChI=1S/C14H24N2O5/c1-5-6-7-11(17)15-10(13(19)20)8-21-9-12(18)16-14(2,3)4/h5,10H,1,6-9H2,2-4H3,(H,15,17)(H,16,18)(H,19,20). The zero-order valence-electron chi connectivity index (χ0n) is 12.8. The number of nitrogens with one attached hydrogen (secondary N) is 2. The van der Waals surface area contributed by atoms with Crippen LogP contribution in [-0.4, -0.2) is 47.7 Å². The molecule has 0 fully saturated rings. The van der Waals surface area contributed by atoms with Gasteiger partial charge in [0.05, 0.1) is 6.61 Å². The number of allylic oxidation sites excluding steroid dienone is 1. The fourth-order valence-corrected chi connectivity index (χ4v) is 1.40. The Labute approximate surface area is 124 Å². The predicted molar refractivity (Wildman–Crippen MR) is 77.7 cm³/mol.